The number of carbonyl (C=O) groups excluding carboxylic acids is 3. The van der Waals surface area contributed by atoms with E-state index in [4.69, 9.17) is 10.5 Å². The van der Waals surface area contributed by atoms with E-state index in [-0.39, 0.29) is 29.3 Å². The van der Waals surface area contributed by atoms with Crippen molar-refractivity contribution >= 4 is 34.4 Å². The normalized spacial score (nSPS) is 28.1. The van der Waals surface area contributed by atoms with Crippen molar-refractivity contribution in [3.05, 3.63) is 30.0 Å². The van der Waals surface area contributed by atoms with E-state index in [0.717, 1.165) is 57.8 Å². The van der Waals surface area contributed by atoms with Crippen LogP contribution < -0.4 is 11.1 Å². The molecule has 2 aliphatic heterocycles. The van der Waals surface area contributed by atoms with Crippen LogP contribution in [0.3, 0.4) is 0 Å². The third-order valence-corrected chi connectivity index (χ3v) is 10.2. The first-order chi connectivity index (χ1) is 19.9. The summed E-state index contributed by atoms with van der Waals surface area (Å²) in [5, 5.41) is 3.62. The van der Waals surface area contributed by atoms with Crippen LogP contribution in [0.2, 0.25) is 0 Å². The SMILES string of the molecule is NCC1CCC(C(=O)N2CCC(C3CCCCC3)[C@H]2C(=O)Nc2ccc3c(c2)cc2n3C(CF)(CF)OC2=O)CC1. The van der Waals surface area contributed by atoms with E-state index in [1.54, 1.807) is 18.2 Å². The van der Waals surface area contributed by atoms with Gasteiger partial charge in [0.25, 0.3) is 0 Å². The summed E-state index contributed by atoms with van der Waals surface area (Å²) in [4.78, 5) is 42.0. The molecule has 6 rings (SSSR count). The van der Waals surface area contributed by atoms with E-state index >= 15 is 0 Å². The topological polar surface area (TPSA) is 107 Å². The molecule has 3 heterocycles. The van der Waals surface area contributed by atoms with Crippen LogP contribution in [0.4, 0.5) is 14.5 Å². The van der Waals surface area contributed by atoms with Gasteiger partial charge in [-0.3, -0.25) is 14.2 Å². The van der Waals surface area contributed by atoms with Gasteiger partial charge in [-0.25, -0.2) is 13.6 Å². The van der Waals surface area contributed by atoms with Crippen LogP contribution in [-0.4, -0.2) is 59.7 Å². The molecule has 2 saturated carbocycles. The predicted octanol–water partition coefficient (Wildman–Crippen LogP) is 4.90. The molecule has 3 fully saturated rings. The van der Waals surface area contributed by atoms with Gasteiger partial charge in [0.2, 0.25) is 17.5 Å². The molecule has 1 saturated heterocycles. The van der Waals surface area contributed by atoms with E-state index in [1.807, 2.05) is 4.90 Å². The maximum Gasteiger partial charge on any atom is 0.357 e. The first-order valence-corrected chi connectivity index (χ1v) is 15.2. The Morgan fingerprint density at radius 1 is 1.00 bits per heavy atom. The van der Waals surface area contributed by atoms with Gasteiger partial charge in [-0.05, 0) is 80.7 Å². The van der Waals surface area contributed by atoms with Gasteiger partial charge in [-0.1, -0.05) is 32.1 Å². The number of alkyl halides is 2. The maximum atomic E-state index is 14.0. The Hall–Kier alpha value is -3.01. The zero-order valence-electron chi connectivity index (χ0n) is 23.5. The summed E-state index contributed by atoms with van der Waals surface area (Å²) in [6, 6.07) is 6.02. The zero-order valence-corrected chi connectivity index (χ0v) is 23.5. The molecule has 41 heavy (non-hydrogen) atoms. The minimum Gasteiger partial charge on any atom is -0.428 e. The van der Waals surface area contributed by atoms with Gasteiger partial charge < -0.3 is 20.7 Å². The highest BCUT2D eigenvalue weighted by molar-refractivity contribution is 6.02. The van der Waals surface area contributed by atoms with Crippen molar-refractivity contribution in [3.8, 4) is 0 Å². The van der Waals surface area contributed by atoms with Crippen LogP contribution in [-0.2, 0) is 20.1 Å². The fourth-order valence-corrected chi connectivity index (χ4v) is 7.91. The molecule has 8 nitrogen and oxygen atoms in total. The van der Waals surface area contributed by atoms with Crippen molar-refractivity contribution in [1.29, 1.82) is 0 Å². The number of esters is 1. The highest BCUT2D eigenvalue weighted by Gasteiger charge is 2.48. The molecule has 0 bridgehead atoms. The van der Waals surface area contributed by atoms with E-state index in [0.29, 0.717) is 41.5 Å². The van der Waals surface area contributed by atoms with E-state index in [2.05, 4.69) is 5.32 Å². The zero-order chi connectivity index (χ0) is 28.7. The Labute approximate surface area is 238 Å². The molecule has 222 valence electrons. The molecule has 2 aliphatic carbocycles. The average molecular weight is 571 g/mol. The van der Waals surface area contributed by atoms with Gasteiger partial charge >= 0.3 is 5.97 Å². The predicted molar refractivity (Wildman–Crippen MR) is 151 cm³/mol. The summed E-state index contributed by atoms with van der Waals surface area (Å²) in [6.45, 7) is -1.13. The molecule has 4 aliphatic rings. The summed E-state index contributed by atoms with van der Waals surface area (Å²) in [7, 11) is 0. The van der Waals surface area contributed by atoms with Gasteiger partial charge in [-0.2, -0.15) is 0 Å². The average Bonchev–Trinajstić information content (AvgIpc) is 3.69. The fraction of sp³-hybridized carbons (Fsp3) is 0.645. The summed E-state index contributed by atoms with van der Waals surface area (Å²) < 4.78 is 34.1. The Morgan fingerprint density at radius 3 is 2.41 bits per heavy atom. The lowest BCUT2D eigenvalue weighted by Gasteiger charge is -2.36. The van der Waals surface area contributed by atoms with Crippen molar-refractivity contribution in [2.45, 2.75) is 76.0 Å². The largest absolute Gasteiger partial charge is 0.428 e. The number of likely N-dealkylation sites (tertiary alicyclic amines) is 1. The standard InChI is InChI=1S/C31H40F2N4O4/c32-17-31(18-33)37-25-11-10-23(14-22(25)15-26(37)30(40)41-31)35-28(38)27-24(20-4-2-1-3-5-20)12-13-36(27)29(39)21-8-6-19(16-34)7-9-21/h10-11,14-15,19-21,24,27H,1-9,12-13,16-18,34H2,(H,35,38)/t19?,21?,24?,27-/m0/s1. The highest BCUT2D eigenvalue weighted by atomic mass is 19.1. The van der Waals surface area contributed by atoms with E-state index in [9.17, 15) is 23.2 Å². The third-order valence-electron chi connectivity index (χ3n) is 10.2. The van der Waals surface area contributed by atoms with Crippen molar-refractivity contribution in [3.63, 3.8) is 0 Å². The molecule has 2 atom stereocenters. The van der Waals surface area contributed by atoms with Gasteiger partial charge in [-0.15, -0.1) is 0 Å². The number of benzene rings is 1. The minimum atomic E-state index is -2.00. The Morgan fingerprint density at radius 2 is 1.73 bits per heavy atom. The molecular formula is C31H40F2N4O4. The Balaban J connectivity index is 1.25. The lowest BCUT2D eigenvalue weighted by molar-refractivity contribution is -0.142. The number of halogens is 2. The van der Waals surface area contributed by atoms with Crippen LogP contribution in [0.1, 0.15) is 74.7 Å². The van der Waals surface area contributed by atoms with Crippen LogP contribution in [0.15, 0.2) is 24.3 Å². The number of nitrogens with one attached hydrogen (secondary N) is 1. The van der Waals surface area contributed by atoms with E-state index in [1.165, 1.54) is 17.1 Å². The van der Waals surface area contributed by atoms with Gasteiger partial charge in [0, 0.05) is 23.5 Å². The summed E-state index contributed by atoms with van der Waals surface area (Å²) in [5.41, 5.74) is 4.90. The van der Waals surface area contributed by atoms with Crippen molar-refractivity contribution < 1.29 is 27.9 Å². The molecule has 2 aromatic rings. The first kappa shape index (κ1) is 28.1. The van der Waals surface area contributed by atoms with E-state index < -0.39 is 31.1 Å². The Bertz CT molecular complexity index is 1310. The first-order valence-electron chi connectivity index (χ1n) is 15.2. The van der Waals surface area contributed by atoms with Gasteiger partial charge in [0.05, 0.1) is 5.52 Å². The van der Waals surface area contributed by atoms with Gasteiger partial charge in [0.1, 0.15) is 11.7 Å². The number of ether oxygens (including phenoxy) is 1. The number of rotatable bonds is 7. The number of aromatic nitrogens is 1. The lowest BCUT2D eigenvalue weighted by Crippen LogP contribution is -2.49. The summed E-state index contributed by atoms with van der Waals surface area (Å²) >= 11 is 0. The summed E-state index contributed by atoms with van der Waals surface area (Å²) in [6.07, 6.45) is 10.1. The molecule has 0 radical (unpaired) electrons. The Kier molecular flexibility index (Phi) is 7.78. The fourth-order valence-electron chi connectivity index (χ4n) is 7.91. The molecule has 0 spiro atoms. The molecule has 10 heteroatoms. The molecule has 1 aromatic heterocycles. The second-order valence-corrected chi connectivity index (χ2v) is 12.5. The number of fused-ring (bicyclic) bond motifs is 3. The number of hydrogen-bond donors (Lipinski definition) is 2. The minimum absolute atomic E-state index is 0.0654. The third kappa shape index (κ3) is 4.91. The van der Waals surface area contributed by atoms with Crippen LogP contribution >= 0.6 is 0 Å². The second kappa shape index (κ2) is 11.3. The lowest BCUT2D eigenvalue weighted by atomic mass is 9.76. The number of anilines is 1. The number of hydrogen-bond acceptors (Lipinski definition) is 5. The van der Waals surface area contributed by atoms with Crippen LogP contribution in [0.5, 0.6) is 0 Å². The molecule has 2 amide bonds. The monoisotopic (exact) mass is 570 g/mol. The highest BCUT2D eigenvalue weighted by Crippen LogP contribution is 2.42. The molecular weight excluding hydrogens is 530 g/mol. The van der Waals surface area contributed by atoms with Crippen molar-refractivity contribution in [1.82, 2.24) is 9.47 Å². The maximum absolute atomic E-state index is 14.0. The molecule has 1 aromatic carbocycles. The van der Waals surface area contributed by atoms with Crippen LogP contribution in [0, 0.1) is 23.7 Å². The number of nitrogens with two attached hydrogens (primary N) is 1. The smallest absolute Gasteiger partial charge is 0.357 e. The quantitative estimate of drug-likeness (QED) is 0.461. The van der Waals surface area contributed by atoms with Gasteiger partial charge in [0.15, 0.2) is 13.3 Å². The summed E-state index contributed by atoms with van der Waals surface area (Å²) in [5.74, 6) is 0.0513. The number of carbonyl (C=O) groups is 3. The van der Waals surface area contributed by atoms with Crippen molar-refractivity contribution in [2.75, 3.05) is 31.8 Å². The number of nitrogens with zero attached hydrogens (tertiary/aromatic N) is 2. The second-order valence-electron chi connectivity index (χ2n) is 12.5. The number of cyclic esters (lactones) is 1. The molecule has 3 N–H and O–H groups in total. The van der Waals surface area contributed by atoms with Crippen molar-refractivity contribution in [2.24, 2.45) is 29.4 Å². The van der Waals surface area contributed by atoms with Crippen LogP contribution in [0.25, 0.3) is 10.9 Å². The molecule has 1 unspecified atom stereocenters. The number of amides is 2.